The molecule has 0 heterocycles. The summed E-state index contributed by atoms with van der Waals surface area (Å²) in [6.45, 7) is 4.32. The molecule has 4 nitrogen and oxygen atoms in total. The molecule has 0 fully saturated rings. The Morgan fingerprint density at radius 3 is 1.11 bits per heavy atom. The topological polar surface area (TPSA) is 69.6 Å². The molecule has 54 heavy (non-hydrogen) atoms. The fraction of sp³-hybridized carbons (Fsp3) is 0.900. The van der Waals surface area contributed by atoms with Crippen LogP contribution in [0.3, 0.4) is 0 Å². The Morgan fingerprint density at radius 1 is 0.444 bits per heavy atom. The molecule has 320 valence electrons. The SMILES string of the molecule is CCCCCCC/C=C\C/C=C\CCCCCCCCCCCCCCCCCCCCCCCCCC(=O)NC(CO)C(O)CCCCCCCCC. The number of rotatable bonds is 45. The van der Waals surface area contributed by atoms with Gasteiger partial charge in [0.1, 0.15) is 0 Å². The summed E-state index contributed by atoms with van der Waals surface area (Å²) < 4.78 is 0. The first-order valence-corrected chi connectivity index (χ1v) is 24.5. The van der Waals surface area contributed by atoms with E-state index >= 15 is 0 Å². The van der Waals surface area contributed by atoms with Crippen LogP contribution in [0, 0.1) is 0 Å². The summed E-state index contributed by atoms with van der Waals surface area (Å²) in [7, 11) is 0. The van der Waals surface area contributed by atoms with Crippen molar-refractivity contribution in [1.82, 2.24) is 5.32 Å². The van der Waals surface area contributed by atoms with Crippen LogP contribution in [0.2, 0.25) is 0 Å². The highest BCUT2D eigenvalue weighted by atomic mass is 16.3. The summed E-state index contributed by atoms with van der Waals surface area (Å²) in [5.41, 5.74) is 0. The van der Waals surface area contributed by atoms with E-state index in [-0.39, 0.29) is 12.5 Å². The second kappa shape index (κ2) is 46.3. The van der Waals surface area contributed by atoms with Gasteiger partial charge >= 0.3 is 0 Å². The van der Waals surface area contributed by atoms with Crippen LogP contribution >= 0.6 is 0 Å². The van der Waals surface area contributed by atoms with Crippen molar-refractivity contribution in [2.24, 2.45) is 0 Å². The number of aliphatic hydroxyl groups excluding tert-OH is 2. The van der Waals surface area contributed by atoms with Crippen molar-refractivity contribution >= 4 is 5.91 Å². The zero-order chi connectivity index (χ0) is 39.3. The zero-order valence-corrected chi connectivity index (χ0v) is 36.8. The molecule has 1 amide bonds. The summed E-state index contributed by atoms with van der Waals surface area (Å²) >= 11 is 0. The van der Waals surface area contributed by atoms with Crippen molar-refractivity contribution in [2.75, 3.05) is 6.61 Å². The molecule has 0 aromatic heterocycles. The molecule has 0 aliphatic rings. The third-order valence-corrected chi connectivity index (χ3v) is 11.5. The lowest BCUT2D eigenvalue weighted by molar-refractivity contribution is -0.123. The molecule has 2 unspecified atom stereocenters. The molecule has 0 saturated heterocycles. The number of carbonyl (C=O) groups is 1. The van der Waals surface area contributed by atoms with Gasteiger partial charge in [-0.1, -0.05) is 244 Å². The molecule has 0 aromatic rings. The second-order valence-electron chi connectivity index (χ2n) is 16.9. The highest BCUT2D eigenvalue weighted by Gasteiger charge is 2.20. The summed E-state index contributed by atoms with van der Waals surface area (Å²) in [4.78, 5) is 12.3. The predicted molar refractivity (Wildman–Crippen MR) is 239 cm³/mol. The Labute approximate surface area is 339 Å². The van der Waals surface area contributed by atoms with Crippen LogP contribution in [0.1, 0.15) is 271 Å². The molecule has 0 bridgehead atoms. The molecular formula is C50H97NO3. The molecule has 3 N–H and O–H groups in total. The number of aliphatic hydroxyl groups is 2. The van der Waals surface area contributed by atoms with Gasteiger partial charge in [0.15, 0.2) is 0 Å². The van der Waals surface area contributed by atoms with Gasteiger partial charge in [-0.25, -0.2) is 0 Å². The first-order chi connectivity index (χ1) is 26.7. The summed E-state index contributed by atoms with van der Waals surface area (Å²) in [6.07, 6.45) is 60.3. The Morgan fingerprint density at radius 2 is 0.759 bits per heavy atom. The standard InChI is InChI=1S/C50H97NO3/c1-3-5-7-9-11-12-13-14-15-16-17-18-19-20-21-22-23-24-25-26-27-28-29-30-31-32-33-34-35-36-37-38-40-42-44-46-50(54)51-48(47-52)49(53)45-43-41-39-10-8-6-4-2/h13-14,16-17,48-49,52-53H,3-12,15,18-47H2,1-2H3,(H,51,54)/b14-13-,17-16-. The number of hydrogen-bond donors (Lipinski definition) is 3. The highest BCUT2D eigenvalue weighted by molar-refractivity contribution is 5.76. The second-order valence-corrected chi connectivity index (χ2v) is 16.9. The molecule has 0 spiro atoms. The molecule has 0 saturated carbocycles. The van der Waals surface area contributed by atoms with Crippen LogP contribution in [0.4, 0.5) is 0 Å². The highest BCUT2D eigenvalue weighted by Crippen LogP contribution is 2.17. The van der Waals surface area contributed by atoms with Gasteiger partial charge < -0.3 is 15.5 Å². The van der Waals surface area contributed by atoms with Gasteiger partial charge in [-0.05, 0) is 44.9 Å². The van der Waals surface area contributed by atoms with Crippen LogP contribution in [0.5, 0.6) is 0 Å². The van der Waals surface area contributed by atoms with E-state index in [1.54, 1.807) is 0 Å². The maximum atomic E-state index is 12.3. The third kappa shape index (κ3) is 42.0. The fourth-order valence-corrected chi connectivity index (χ4v) is 7.69. The number of unbranched alkanes of at least 4 members (excludes halogenated alkanes) is 34. The van der Waals surface area contributed by atoms with E-state index in [4.69, 9.17) is 0 Å². The third-order valence-electron chi connectivity index (χ3n) is 11.5. The number of carbonyl (C=O) groups excluding carboxylic acids is 1. The largest absolute Gasteiger partial charge is 0.394 e. The smallest absolute Gasteiger partial charge is 0.220 e. The monoisotopic (exact) mass is 760 g/mol. The quantitative estimate of drug-likeness (QED) is 0.0428. The van der Waals surface area contributed by atoms with Crippen molar-refractivity contribution in [3.05, 3.63) is 24.3 Å². The molecule has 2 atom stereocenters. The zero-order valence-electron chi connectivity index (χ0n) is 36.8. The van der Waals surface area contributed by atoms with Gasteiger partial charge in [0, 0.05) is 6.42 Å². The molecule has 0 radical (unpaired) electrons. The number of allylic oxidation sites excluding steroid dienone is 4. The Kier molecular flexibility index (Phi) is 45.3. The van der Waals surface area contributed by atoms with E-state index in [1.807, 2.05) is 0 Å². The molecule has 0 aliphatic heterocycles. The minimum absolute atomic E-state index is 0.0314. The van der Waals surface area contributed by atoms with Gasteiger partial charge in [0.2, 0.25) is 5.91 Å². The van der Waals surface area contributed by atoms with E-state index in [0.29, 0.717) is 12.8 Å². The van der Waals surface area contributed by atoms with Gasteiger partial charge in [-0.3, -0.25) is 4.79 Å². The summed E-state index contributed by atoms with van der Waals surface area (Å²) in [5, 5.41) is 23.0. The van der Waals surface area contributed by atoms with E-state index in [9.17, 15) is 15.0 Å². The van der Waals surface area contributed by atoms with Crippen molar-refractivity contribution in [3.63, 3.8) is 0 Å². The van der Waals surface area contributed by atoms with Crippen LogP contribution in [-0.2, 0) is 4.79 Å². The molecule has 0 aliphatic carbocycles. The van der Waals surface area contributed by atoms with Gasteiger partial charge in [0.05, 0.1) is 18.8 Å². The maximum Gasteiger partial charge on any atom is 0.220 e. The predicted octanol–water partition coefficient (Wildman–Crippen LogP) is 15.6. The fourth-order valence-electron chi connectivity index (χ4n) is 7.69. The van der Waals surface area contributed by atoms with Crippen LogP contribution in [0.25, 0.3) is 0 Å². The lowest BCUT2D eigenvalue weighted by Crippen LogP contribution is -2.45. The number of nitrogens with one attached hydrogen (secondary N) is 1. The Hall–Kier alpha value is -1.13. The Balaban J connectivity index is 3.33. The molecule has 0 rings (SSSR count). The summed E-state index contributed by atoms with van der Waals surface area (Å²) in [5.74, 6) is -0.0314. The van der Waals surface area contributed by atoms with Crippen molar-refractivity contribution in [1.29, 1.82) is 0 Å². The van der Waals surface area contributed by atoms with Crippen LogP contribution in [-0.4, -0.2) is 34.9 Å². The van der Waals surface area contributed by atoms with Gasteiger partial charge in [-0.15, -0.1) is 0 Å². The summed E-state index contributed by atoms with van der Waals surface area (Å²) in [6, 6.07) is -0.529. The minimum Gasteiger partial charge on any atom is -0.394 e. The van der Waals surface area contributed by atoms with Crippen LogP contribution < -0.4 is 5.32 Å². The minimum atomic E-state index is -0.652. The molecule has 0 aromatic carbocycles. The number of amides is 1. The van der Waals surface area contributed by atoms with E-state index in [0.717, 1.165) is 32.1 Å². The van der Waals surface area contributed by atoms with Crippen molar-refractivity contribution in [3.8, 4) is 0 Å². The van der Waals surface area contributed by atoms with E-state index < -0.39 is 12.1 Å². The first kappa shape index (κ1) is 52.9. The van der Waals surface area contributed by atoms with Gasteiger partial charge in [0.25, 0.3) is 0 Å². The van der Waals surface area contributed by atoms with Crippen LogP contribution in [0.15, 0.2) is 24.3 Å². The number of hydrogen-bond acceptors (Lipinski definition) is 3. The first-order valence-electron chi connectivity index (χ1n) is 24.5. The molecule has 4 heteroatoms. The maximum absolute atomic E-state index is 12.3. The van der Waals surface area contributed by atoms with E-state index in [1.165, 1.54) is 212 Å². The van der Waals surface area contributed by atoms with Crippen molar-refractivity contribution in [2.45, 2.75) is 283 Å². The lowest BCUT2D eigenvalue weighted by atomic mass is 10.0. The average molecular weight is 760 g/mol. The molecular weight excluding hydrogens is 663 g/mol. The lowest BCUT2D eigenvalue weighted by Gasteiger charge is -2.22. The van der Waals surface area contributed by atoms with Crippen molar-refractivity contribution < 1.29 is 15.0 Å². The van der Waals surface area contributed by atoms with E-state index in [2.05, 4.69) is 43.5 Å². The Bertz CT molecular complexity index is 780. The average Bonchev–Trinajstić information content (AvgIpc) is 3.18. The normalized spacial score (nSPS) is 13.0. The van der Waals surface area contributed by atoms with Gasteiger partial charge in [-0.2, -0.15) is 0 Å².